The van der Waals surface area contributed by atoms with Crippen LogP contribution >= 0.6 is 0 Å². The van der Waals surface area contributed by atoms with Crippen LogP contribution in [0.2, 0.25) is 0 Å². The minimum atomic E-state index is -3.06. The molecule has 2 aliphatic rings. The third kappa shape index (κ3) is 7.36. The molecule has 0 bridgehead atoms. The number of hydrogen-bond acceptors (Lipinski definition) is 8. The Morgan fingerprint density at radius 1 is 0.769 bits per heavy atom. The topological polar surface area (TPSA) is 145 Å². The summed E-state index contributed by atoms with van der Waals surface area (Å²) in [5.74, 6) is 0.0228. The molecule has 2 rings (SSSR count). The van der Waals surface area contributed by atoms with Crippen LogP contribution in [-0.4, -0.2) is 77.3 Å². The number of alkyl carbamates (subject to hydrolysis) is 2. The van der Waals surface area contributed by atoms with Gasteiger partial charge in [-0.1, -0.05) is 0 Å². The fraction of sp³-hybridized carbons (Fsp3) is 0.857. The molecular weight excluding hydrogens is 388 g/mol. The van der Waals surface area contributed by atoms with E-state index in [-0.39, 0.29) is 36.2 Å². The molecule has 0 aromatic heterocycles. The van der Waals surface area contributed by atoms with E-state index in [4.69, 9.17) is 9.47 Å². The molecule has 2 fully saturated rings. The molecule has 0 aromatic carbocycles. The summed E-state index contributed by atoms with van der Waals surface area (Å²) in [6.45, 7) is 0.244. The van der Waals surface area contributed by atoms with Crippen LogP contribution in [0.3, 0.4) is 0 Å². The van der Waals surface area contributed by atoms with E-state index in [0.29, 0.717) is 25.7 Å². The second-order valence-electron chi connectivity index (χ2n) is 6.47. The molecule has 0 aromatic rings. The lowest BCUT2D eigenvalue weighted by molar-refractivity contribution is 0.125. The fourth-order valence-electron chi connectivity index (χ4n) is 2.77. The number of ether oxygens (including phenoxy) is 2. The van der Waals surface area contributed by atoms with Crippen LogP contribution in [0.1, 0.15) is 25.7 Å². The number of hydrogen-bond donors (Lipinski definition) is 2. The maximum absolute atomic E-state index is 11.5. The number of nitrogens with one attached hydrogen (secondary N) is 2. The molecule has 10 nitrogen and oxygen atoms in total. The normalized spacial score (nSPS) is 26.2. The molecule has 150 valence electrons. The Morgan fingerprint density at radius 2 is 1.15 bits per heavy atom. The van der Waals surface area contributed by atoms with Crippen molar-refractivity contribution >= 4 is 31.9 Å². The SMILES string of the molecule is O=C(N[C@@H]1CCS(=O)(=O)C1)OCCCCOC(=O)N[C@H]1CCS(=O)(=O)C1. The Morgan fingerprint density at radius 3 is 1.46 bits per heavy atom. The van der Waals surface area contributed by atoms with Gasteiger partial charge in [0.05, 0.1) is 36.2 Å². The van der Waals surface area contributed by atoms with Gasteiger partial charge in [-0.15, -0.1) is 0 Å². The lowest BCUT2D eigenvalue weighted by Crippen LogP contribution is -2.36. The van der Waals surface area contributed by atoms with E-state index in [2.05, 4.69) is 10.6 Å². The first kappa shape index (κ1) is 20.7. The van der Waals surface area contributed by atoms with Crippen LogP contribution in [0.4, 0.5) is 9.59 Å². The van der Waals surface area contributed by atoms with Crippen molar-refractivity contribution in [2.45, 2.75) is 37.8 Å². The van der Waals surface area contributed by atoms with Crippen molar-refractivity contribution < 1.29 is 35.9 Å². The largest absolute Gasteiger partial charge is 0.450 e. The second kappa shape index (κ2) is 8.89. The van der Waals surface area contributed by atoms with Gasteiger partial charge in [0.2, 0.25) is 0 Å². The Kier molecular flexibility index (Phi) is 7.09. The molecule has 0 saturated carbocycles. The molecule has 2 N–H and O–H groups in total. The summed E-state index contributed by atoms with van der Waals surface area (Å²) in [6, 6.07) is -0.808. The van der Waals surface area contributed by atoms with E-state index in [1.165, 1.54) is 0 Å². The monoisotopic (exact) mass is 412 g/mol. The van der Waals surface area contributed by atoms with Gasteiger partial charge in [-0.2, -0.15) is 0 Å². The van der Waals surface area contributed by atoms with Gasteiger partial charge in [-0.3, -0.25) is 0 Å². The van der Waals surface area contributed by atoms with Gasteiger partial charge in [-0.25, -0.2) is 26.4 Å². The molecule has 2 atom stereocenters. The molecule has 0 radical (unpaired) electrons. The van der Waals surface area contributed by atoms with Crippen molar-refractivity contribution in [1.82, 2.24) is 10.6 Å². The van der Waals surface area contributed by atoms with Crippen LogP contribution < -0.4 is 10.6 Å². The zero-order valence-electron chi connectivity index (χ0n) is 14.3. The maximum atomic E-state index is 11.5. The van der Waals surface area contributed by atoms with Gasteiger partial charge >= 0.3 is 12.2 Å². The molecule has 0 spiro atoms. The van der Waals surface area contributed by atoms with E-state index in [1.54, 1.807) is 0 Å². The summed E-state index contributed by atoms with van der Waals surface area (Å²) in [5.41, 5.74) is 0. The number of rotatable bonds is 7. The predicted molar refractivity (Wildman–Crippen MR) is 92.3 cm³/mol. The van der Waals surface area contributed by atoms with E-state index in [0.717, 1.165) is 0 Å². The molecular formula is C14H24N2O8S2. The molecule has 26 heavy (non-hydrogen) atoms. The van der Waals surface area contributed by atoms with E-state index in [1.807, 2.05) is 0 Å². The smallest absolute Gasteiger partial charge is 0.407 e. The van der Waals surface area contributed by atoms with Crippen LogP contribution in [0.5, 0.6) is 0 Å². The van der Waals surface area contributed by atoms with E-state index in [9.17, 15) is 26.4 Å². The molecule has 2 aliphatic heterocycles. The lowest BCUT2D eigenvalue weighted by atomic mass is 10.3. The van der Waals surface area contributed by atoms with Crippen LogP contribution in [0.25, 0.3) is 0 Å². The van der Waals surface area contributed by atoms with Crippen molar-refractivity contribution in [1.29, 1.82) is 0 Å². The summed E-state index contributed by atoms with van der Waals surface area (Å²) < 4.78 is 55.0. The first-order chi connectivity index (χ1) is 12.2. The fourth-order valence-corrected chi connectivity index (χ4v) is 6.11. The summed E-state index contributed by atoms with van der Waals surface area (Å²) in [7, 11) is -6.11. The molecule has 2 amide bonds. The van der Waals surface area contributed by atoms with Crippen molar-refractivity contribution in [3.63, 3.8) is 0 Å². The van der Waals surface area contributed by atoms with Gasteiger partial charge in [0.25, 0.3) is 0 Å². The number of unbranched alkanes of at least 4 members (excludes halogenated alkanes) is 1. The lowest BCUT2D eigenvalue weighted by Gasteiger charge is -2.12. The summed E-state index contributed by atoms with van der Waals surface area (Å²) in [5, 5.41) is 5.01. The third-order valence-corrected chi connectivity index (χ3v) is 7.65. The van der Waals surface area contributed by atoms with E-state index < -0.39 is 43.9 Å². The Hall–Kier alpha value is -1.56. The zero-order valence-corrected chi connectivity index (χ0v) is 15.9. The first-order valence-corrected chi connectivity index (χ1v) is 12.1. The van der Waals surface area contributed by atoms with Crippen molar-refractivity contribution in [3.05, 3.63) is 0 Å². The number of carbonyl (C=O) groups is 2. The predicted octanol–water partition coefficient (Wildman–Crippen LogP) is -0.407. The minimum Gasteiger partial charge on any atom is -0.450 e. The minimum absolute atomic E-state index is 0.0622. The zero-order chi connectivity index (χ0) is 19.2. The first-order valence-electron chi connectivity index (χ1n) is 8.43. The van der Waals surface area contributed by atoms with Crippen molar-refractivity contribution in [2.24, 2.45) is 0 Å². The van der Waals surface area contributed by atoms with Gasteiger partial charge < -0.3 is 20.1 Å². The number of carbonyl (C=O) groups excluding carboxylic acids is 2. The van der Waals surface area contributed by atoms with Gasteiger partial charge in [0.1, 0.15) is 0 Å². The van der Waals surface area contributed by atoms with Crippen LogP contribution in [0, 0.1) is 0 Å². The van der Waals surface area contributed by atoms with Crippen molar-refractivity contribution in [3.8, 4) is 0 Å². The molecule has 12 heteroatoms. The highest BCUT2D eigenvalue weighted by atomic mass is 32.2. The highest BCUT2D eigenvalue weighted by Crippen LogP contribution is 2.12. The standard InChI is InChI=1S/C14H24N2O8S2/c17-13(15-11-3-7-25(19,20)9-11)23-5-1-2-6-24-14(18)16-12-4-8-26(21,22)10-12/h11-12H,1-10H2,(H,15,17)(H,16,18)/t11-,12+. The molecule has 0 aliphatic carbocycles. The van der Waals surface area contributed by atoms with Crippen molar-refractivity contribution in [2.75, 3.05) is 36.2 Å². The summed E-state index contributed by atoms with van der Waals surface area (Å²) in [4.78, 5) is 23.0. The Labute approximate surface area is 152 Å². The molecule has 2 heterocycles. The average Bonchev–Trinajstić information content (AvgIpc) is 3.04. The van der Waals surface area contributed by atoms with Crippen LogP contribution in [0.15, 0.2) is 0 Å². The number of sulfone groups is 2. The highest BCUT2D eigenvalue weighted by molar-refractivity contribution is 7.91. The quantitative estimate of drug-likeness (QED) is 0.537. The molecule has 0 unspecified atom stereocenters. The molecule has 2 saturated heterocycles. The third-order valence-electron chi connectivity index (χ3n) is 4.11. The number of amides is 2. The van der Waals surface area contributed by atoms with Crippen LogP contribution in [-0.2, 0) is 29.1 Å². The Bertz CT molecular complexity index is 657. The highest BCUT2D eigenvalue weighted by Gasteiger charge is 2.30. The second-order valence-corrected chi connectivity index (χ2v) is 10.9. The average molecular weight is 412 g/mol. The maximum Gasteiger partial charge on any atom is 0.407 e. The summed E-state index contributed by atoms with van der Waals surface area (Å²) in [6.07, 6.45) is 0.412. The van der Waals surface area contributed by atoms with E-state index >= 15 is 0 Å². The summed E-state index contributed by atoms with van der Waals surface area (Å²) >= 11 is 0. The van der Waals surface area contributed by atoms with Gasteiger partial charge in [-0.05, 0) is 25.7 Å². The van der Waals surface area contributed by atoms with Gasteiger partial charge in [0, 0.05) is 12.1 Å². The Balaban J connectivity index is 1.47. The van der Waals surface area contributed by atoms with Gasteiger partial charge in [0.15, 0.2) is 19.7 Å².